The van der Waals surface area contributed by atoms with Crippen LogP contribution >= 0.6 is 15.9 Å². The molecule has 0 spiro atoms. The number of nitrogens with zero attached hydrogens (tertiary/aromatic N) is 2. The van der Waals surface area contributed by atoms with Crippen LogP contribution in [0, 0.1) is 0 Å². The Kier molecular flexibility index (Phi) is 5.70. The van der Waals surface area contributed by atoms with Gasteiger partial charge < -0.3 is 14.0 Å². The predicted molar refractivity (Wildman–Crippen MR) is 126 cm³/mol. The molecule has 1 amide bonds. The number of carbonyl (C=O) groups excluding carboxylic acids is 1. The number of nitrogens with one attached hydrogen (secondary N) is 2. The predicted octanol–water partition coefficient (Wildman–Crippen LogP) is 3.95. The molecule has 0 bridgehead atoms. The molecule has 0 aliphatic carbocycles. The second-order valence-electron chi connectivity index (χ2n) is 7.13. The third-order valence-corrected chi connectivity index (χ3v) is 6.58. The Balaban J connectivity index is 1.42. The summed E-state index contributed by atoms with van der Waals surface area (Å²) < 4.78 is 40.6. The van der Waals surface area contributed by atoms with E-state index >= 15 is 0 Å². The van der Waals surface area contributed by atoms with Crippen molar-refractivity contribution in [2.24, 2.45) is 0 Å². The van der Waals surface area contributed by atoms with E-state index in [-0.39, 0.29) is 27.7 Å². The summed E-state index contributed by atoms with van der Waals surface area (Å²) in [5.74, 6) is -1.23. The minimum atomic E-state index is -4.05. The van der Waals surface area contributed by atoms with Gasteiger partial charge in [0.05, 0.1) is 11.1 Å². The van der Waals surface area contributed by atoms with E-state index in [1.54, 1.807) is 36.4 Å². The highest BCUT2D eigenvalue weighted by Crippen LogP contribution is 2.30. The molecule has 0 unspecified atom stereocenters. The van der Waals surface area contributed by atoms with Crippen molar-refractivity contribution in [3.8, 4) is 17.1 Å². The molecule has 5 aromatic rings. The van der Waals surface area contributed by atoms with E-state index < -0.39 is 21.8 Å². The monoisotopic (exact) mass is 556 g/mol. The smallest absolute Gasteiger partial charge is 0.379 e. The molecule has 13 heteroatoms. The van der Waals surface area contributed by atoms with Gasteiger partial charge in [-0.05, 0) is 42.5 Å². The van der Waals surface area contributed by atoms with Crippen molar-refractivity contribution in [1.29, 1.82) is 0 Å². The van der Waals surface area contributed by atoms with E-state index in [1.807, 2.05) is 0 Å². The lowest BCUT2D eigenvalue weighted by atomic mass is 10.1. The second kappa shape index (κ2) is 8.85. The van der Waals surface area contributed by atoms with Crippen molar-refractivity contribution >= 4 is 48.6 Å². The molecular weight excluding hydrogens is 544 g/mol. The van der Waals surface area contributed by atoms with Gasteiger partial charge in [-0.15, -0.1) is 0 Å². The average Bonchev–Trinajstić information content (AvgIpc) is 3.46. The topological polar surface area (TPSA) is 157 Å². The van der Waals surface area contributed by atoms with Crippen molar-refractivity contribution in [3.63, 3.8) is 0 Å². The van der Waals surface area contributed by atoms with Crippen molar-refractivity contribution in [1.82, 2.24) is 15.3 Å². The van der Waals surface area contributed by atoms with Crippen LogP contribution in [0.3, 0.4) is 0 Å². The van der Waals surface area contributed by atoms with Crippen LogP contribution in [0.4, 0.5) is 5.69 Å². The lowest BCUT2D eigenvalue weighted by molar-refractivity contribution is 0.102. The first-order valence-corrected chi connectivity index (χ1v) is 12.1. The van der Waals surface area contributed by atoms with Gasteiger partial charge in [-0.2, -0.15) is 8.42 Å². The standard InChI is InChI=1S/C22H13BrN4O7S/c23-12-6-9-17(16(10-12)20-25-22(29)33-27-20)24-21(28)19-15-8-7-13(11-18(15)32-26-19)34-35(30,31)14-4-2-1-3-5-14/h1-11H,(H,24,28)(H,25,27,29). The van der Waals surface area contributed by atoms with Crippen molar-refractivity contribution in [2.75, 3.05) is 5.32 Å². The zero-order chi connectivity index (χ0) is 24.6. The number of fused-ring (bicyclic) bond motifs is 1. The van der Waals surface area contributed by atoms with Crippen LogP contribution in [0.2, 0.25) is 0 Å². The van der Waals surface area contributed by atoms with Crippen LogP contribution in [-0.2, 0) is 10.1 Å². The molecule has 2 aromatic heterocycles. The zero-order valence-corrected chi connectivity index (χ0v) is 19.8. The van der Waals surface area contributed by atoms with E-state index in [1.165, 1.54) is 30.3 Å². The summed E-state index contributed by atoms with van der Waals surface area (Å²) in [5.41, 5.74) is 0.828. The van der Waals surface area contributed by atoms with Gasteiger partial charge in [0.15, 0.2) is 17.1 Å². The molecule has 0 radical (unpaired) electrons. The molecule has 0 atom stereocenters. The molecule has 0 saturated carbocycles. The van der Waals surface area contributed by atoms with Gasteiger partial charge in [-0.25, -0.2) is 4.79 Å². The summed E-state index contributed by atoms with van der Waals surface area (Å²) in [6.45, 7) is 0. The maximum atomic E-state index is 13.0. The molecule has 2 heterocycles. The number of anilines is 1. The number of aromatic amines is 1. The number of hydrogen-bond donors (Lipinski definition) is 2. The number of aromatic nitrogens is 3. The molecular formula is C22H13BrN4O7S. The summed E-state index contributed by atoms with van der Waals surface area (Å²) >= 11 is 3.34. The van der Waals surface area contributed by atoms with Gasteiger partial charge in [0.25, 0.3) is 5.91 Å². The lowest BCUT2D eigenvalue weighted by Gasteiger charge is -2.09. The van der Waals surface area contributed by atoms with E-state index in [0.717, 1.165) is 0 Å². The molecule has 0 fully saturated rings. The van der Waals surface area contributed by atoms with Gasteiger partial charge in [-0.1, -0.05) is 44.4 Å². The van der Waals surface area contributed by atoms with E-state index in [0.29, 0.717) is 21.1 Å². The molecule has 176 valence electrons. The van der Waals surface area contributed by atoms with E-state index in [2.05, 4.69) is 41.1 Å². The van der Waals surface area contributed by atoms with Gasteiger partial charge in [0, 0.05) is 16.1 Å². The molecule has 35 heavy (non-hydrogen) atoms. The third kappa shape index (κ3) is 4.58. The number of amides is 1. The Morgan fingerprint density at radius 3 is 2.54 bits per heavy atom. The van der Waals surface area contributed by atoms with Crippen LogP contribution in [-0.4, -0.2) is 29.6 Å². The molecule has 5 rings (SSSR count). The first-order valence-electron chi connectivity index (χ1n) is 9.86. The second-order valence-corrected chi connectivity index (χ2v) is 9.59. The molecule has 3 aromatic carbocycles. The number of benzene rings is 3. The lowest BCUT2D eigenvalue weighted by Crippen LogP contribution is -2.13. The van der Waals surface area contributed by atoms with Gasteiger partial charge in [0.2, 0.25) is 0 Å². The fraction of sp³-hybridized carbons (Fsp3) is 0. The number of hydrogen-bond acceptors (Lipinski definition) is 9. The van der Waals surface area contributed by atoms with Crippen LogP contribution < -0.4 is 15.3 Å². The maximum absolute atomic E-state index is 13.0. The third-order valence-electron chi connectivity index (χ3n) is 4.82. The summed E-state index contributed by atoms with van der Waals surface area (Å²) in [7, 11) is -4.05. The average molecular weight is 557 g/mol. The maximum Gasteiger partial charge on any atom is 0.439 e. The number of rotatable bonds is 6. The van der Waals surface area contributed by atoms with Crippen LogP contribution in [0.5, 0.6) is 5.75 Å². The van der Waals surface area contributed by atoms with Gasteiger partial charge in [-0.3, -0.25) is 14.3 Å². The summed E-state index contributed by atoms with van der Waals surface area (Å²) in [6, 6.07) is 16.8. The van der Waals surface area contributed by atoms with Crippen molar-refractivity contribution < 1.29 is 26.4 Å². The zero-order valence-electron chi connectivity index (χ0n) is 17.4. The van der Waals surface area contributed by atoms with Crippen molar-refractivity contribution in [2.45, 2.75) is 4.90 Å². The van der Waals surface area contributed by atoms with Crippen LogP contribution in [0.25, 0.3) is 22.4 Å². The van der Waals surface area contributed by atoms with Crippen molar-refractivity contribution in [3.05, 3.63) is 87.4 Å². The minimum absolute atomic E-state index is 0.00325. The molecule has 0 saturated heterocycles. The Morgan fingerprint density at radius 2 is 1.80 bits per heavy atom. The Bertz CT molecular complexity index is 1730. The summed E-state index contributed by atoms with van der Waals surface area (Å²) in [5, 5.41) is 10.5. The molecule has 0 aliphatic heterocycles. The first kappa shape index (κ1) is 22.6. The Hall–Kier alpha value is -4.23. The van der Waals surface area contributed by atoms with Gasteiger partial charge >= 0.3 is 15.9 Å². The fourth-order valence-corrected chi connectivity index (χ4v) is 4.55. The van der Waals surface area contributed by atoms with Gasteiger partial charge in [0.1, 0.15) is 10.6 Å². The van der Waals surface area contributed by atoms with E-state index in [4.69, 9.17) is 8.71 Å². The highest BCUT2D eigenvalue weighted by molar-refractivity contribution is 9.10. The largest absolute Gasteiger partial charge is 0.439 e. The quantitative estimate of drug-likeness (QED) is 0.295. The normalized spacial score (nSPS) is 11.5. The fourth-order valence-electron chi connectivity index (χ4n) is 3.24. The number of halogens is 1. The number of carbonyl (C=O) groups is 1. The summed E-state index contributed by atoms with van der Waals surface area (Å²) in [6.07, 6.45) is 0. The summed E-state index contributed by atoms with van der Waals surface area (Å²) in [4.78, 5) is 26.8. The molecule has 2 N–H and O–H groups in total. The SMILES string of the molecule is O=C(Nc1ccc(Br)cc1-c1noc(=O)[nH]1)c1noc2cc(OS(=O)(=O)c3ccccc3)ccc12. The Labute approximate surface area is 204 Å². The van der Waals surface area contributed by atoms with Crippen LogP contribution in [0.1, 0.15) is 10.5 Å². The minimum Gasteiger partial charge on any atom is -0.379 e. The first-order chi connectivity index (χ1) is 16.8. The van der Waals surface area contributed by atoms with Crippen LogP contribution in [0.15, 0.2) is 89.9 Å². The highest BCUT2D eigenvalue weighted by atomic mass is 79.9. The highest BCUT2D eigenvalue weighted by Gasteiger charge is 2.21. The number of H-pyrrole nitrogens is 1. The molecule has 0 aliphatic rings. The Morgan fingerprint density at radius 1 is 1.00 bits per heavy atom. The molecule has 11 nitrogen and oxygen atoms in total. The van der Waals surface area contributed by atoms with E-state index in [9.17, 15) is 18.0 Å².